The number of rotatable bonds is 24. The quantitative estimate of drug-likeness (QED) is 0.0621. The van der Waals surface area contributed by atoms with Gasteiger partial charge < -0.3 is 19.3 Å². The Bertz CT molecular complexity index is 1150. The van der Waals surface area contributed by atoms with Gasteiger partial charge in [-0.1, -0.05) is 149 Å². The molecule has 0 spiro atoms. The molecule has 0 radical (unpaired) electrons. The van der Waals surface area contributed by atoms with E-state index in [0.29, 0.717) is 6.61 Å². The summed E-state index contributed by atoms with van der Waals surface area (Å²) in [6, 6.07) is 28.4. The molecule has 0 amide bonds. The van der Waals surface area contributed by atoms with Crippen LogP contribution < -0.4 is 4.74 Å². The normalized spacial score (nSPS) is 12.7. The Morgan fingerprint density at radius 3 is 1.73 bits per heavy atom. The molecule has 4 nitrogen and oxygen atoms in total. The zero-order valence-corrected chi connectivity index (χ0v) is 27.7. The SMILES string of the molecule is CCCCC=CCC=CCCCCCCCCCOCC(O)COC(c1ccccc1)(c1ccccc1)c1ccc(OC)cc1. The van der Waals surface area contributed by atoms with Crippen LogP contribution in [0.1, 0.15) is 101 Å². The van der Waals surface area contributed by atoms with E-state index in [2.05, 4.69) is 55.5 Å². The van der Waals surface area contributed by atoms with Crippen molar-refractivity contribution in [2.75, 3.05) is 26.9 Å². The molecule has 0 saturated carbocycles. The van der Waals surface area contributed by atoms with Crippen molar-refractivity contribution in [1.82, 2.24) is 0 Å². The number of hydrogen-bond acceptors (Lipinski definition) is 4. The van der Waals surface area contributed by atoms with Gasteiger partial charge in [-0.3, -0.25) is 0 Å². The first-order valence-electron chi connectivity index (χ1n) is 17.2. The maximum absolute atomic E-state index is 10.9. The third-order valence-electron chi connectivity index (χ3n) is 8.15. The van der Waals surface area contributed by atoms with Crippen molar-refractivity contribution < 1.29 is 19.3 Å². The summed E-state index contributed by atoms with van der Waals surface area (Å²) in [6.07, 6.45) is 23.2. The molecule has 1 N–H and O–H groups in total. The second-order valence-corrected chi connectivity index (χ2v) is 11.8. The van der Waals surface area contributed by atoms with E-state index in [0.717, 1.165) is 35.3 Å². The Morgan fingerprint density at radius 1 is 0.622 bits per heavy atom. The second kappa shape index (κ2) is 22.3. The fraction of sp³-hybridized carbons (Fsp3) is 0.463. The minimum atomic E-state index is -0.892. The zero-order valence-electron chi connectivity index (χ0n) is 27.7. The Balaban J connectivity index is 1.38. The number of methoxy groups -OCH3 is 1. The molecule has 0 aliphatic carbocycles. The third kappa shape index (κ3) is 13.0. The van der Waals surface area contributed by atoms with Gasteiger partial charge in [0, 0.05) is 6.61 Å². The molecule has 0 bridgehead atoms. The number of allylic oxidation sites excluding steroid dienone is 4. The van der Waals surface area contributed by atoms with Gasteiger partial charge in [0.15, 0.2) is 0 Å². The van der Waals surface area contributed by atoms with Gasteiger partial charge in [-0.05, 0) is 60.9 Å². The van der Waals surface area contributed by atoms with Crippen LogP contribution in [-0.2, 0) is 15.1 Å². The van der Waals surface area contributed by atoms with Crippen LogP contribution in [0.2, 0.25) is 0 Å². The molecule has 244 valence electrons. The lowest BCUT2D eigenvalue weighted by Gasteiger charge is -2.36. The lowest BCUT2D eigenvalue weighted by atomic mass is 9.80. The monoisotopic (exact) mass is 612 g/mol. The largest absolute Gasteiger partial charge is 0.497 e. The molecule has 3 aromatic rings. The minimum Gasteiger partial charge on any atom is -0.497 e. The molecule has 3 rings (SSSR count). The number of hydrogen-bond donors (Lipinski definition) is 1. The van der Waals surface area contributed by atoms with Gasteiger partial charge in [-0.15, -0.1) is 0 Å². The van der Waals surface area contributed by atoms with E-state index in [1.54, 1.807) is 7.11 Å². The molecule has 0 fully saturated rings. The standard InChI is InChI=1S/C41H56O4/c1-3-4-5-6-7-8-9-10-11-12-13-14-15-16-17-24-33-44-34-39(42)35-45-41(36-25-20-18-21-26-36,37-27-22-19-23-28-37)38-29-31-40(43-2)32-30-38/h6-7,9-10,18-23,25-32,39,42H,3-5,8,11-17,24,33-35H2,1-2H3. The van der Waals surface area contributed by atoms with Crippen LogP contribution in [0.15, 0.2) is 109 Å². The highest BCUT2D eigenvalue weighted by atomic mass is 16.5. The van der Waals surface area contributed by atoms with Gasteiger partial charge in [0.25, 0.3) is 0 Å². The van der Waals surface area contributed by atoms with E-state index in [9.17, 15) is 5.11 Å². The number of benzene rings is 3. The van der Waals surface area contributed by atoms with Crippen molar-refractivity contribution in [2.24, 2.45) is 0 Å². The molecular weight excluding hydrogens is 556 g/mol. The highest BCUT2D eigenvalue weighted by Crippen LogP contribution is 2.41. The second-order valence-electron chi connectivity index (χ2n) is 11.8. The van der Waals surface area contributed by atoms with Crippen LogP contribution in [0.5, 0.6) is 5.75 Å². The van der Waals surface area contributed by atoms with Crippen molar-refractivity contribution in [1.29, 1.82) is 0 Å². The Labute approximate surface area is 273 Å². The van der Waals surface area contributed by atoms with E-state index >= 15 is 0 Å². The summed E-state index contributed by atoms with van der Waals surface area (Å²) in [4.78, 5) is 0. The maximum atomic E-state index is 10.9. The van der Waals surface area contributed by atoms with Crippen LogP contribution in [-0.4, -0.2) is 38.1 Å². The number of aliphatic hydroxyl groups is 1. The van der Waals surface area contributed by atoms with Crippen molar-refractivity contribution >= 4 is 0 Å². The summed E-state index contributed by atoms with van der Waals surface area (Å²) in [5.74, 6) is 0.784. The molecule has 0 aliphatic rings. The van der Waals surface area contributed by atoms with Gasteiger partial charge in [0.1, 0.15) is 17.5 Å². The maximum Gasteiger partial charge on any atom is 0.143 e. The lowest BCUT2D eigenvalue weighted by Crippen LogP contribution is -2.36. The highest BCUT2D eigenvalue weighted by Gasteiger charge is 2.38. The topological polar surface area (TPSA) is 47.9 Å². The fourth-order valence-electron chi connectivity index (χ4n) is 5.59. The summed E-state index contributed by atoms with van der Waals surface area (Å²) >= 11 is 0. The van der Waals surface area contributed by atoms with E-state index < -0.39 is 11.7 Å². The summed E-state index contributed by atoms with van der Waals surface area (Å²) in [7, 11) is 1.67. The van der Waals surface area contributed by atoms with Gasteiger partial charge in [0.05, 0.1) is 20.3 Å². The van der Waals surface area contributed by atoms with Crippen molar-refractivity contribution in [3.8, 4) is 5.75 Å². The van der Waals surface area contributed by atoms with Gasteiger partial charge in [0.2, 0.25) is 0 Å². The third-order valence-corrected chi connectivity index (χ3v) is 8.15. The molecule has 0 aromatic heterocycles. The summed E-state index contributed by atoms with van der Waals surface area (Å²) in [6.45, 7) is 3.29. The molecular formula is C41H56O4. The van der Waals surface area contributed by atoms with E-state index in [-0.39, 0.29) is 13.2 Å². The molecule has 3 aromatic carbocycles. The number of aliphatic hydroxyl groups excluding tert-OH is 1. The Hall–Kier alpha value is -3.18. The van der Waals surface area contributed by atoms with E-state index in [4.69, 9.17) is 14.2 Å². The molecule has 1 atom stereocenters. The van der Waals surface area contributed by atoms with Gasteiger partial charge >= 0.3 is 0 Å². The van der Waals surface area contributed by atoms with Crippen molar-refractivity contribution in [2.45, 2.75) is 95.7 Å². The Morgan fingerprint density at radius 2 is 1.16 bits per heavy atom. The minimum absolute atomic E-state index is 0.140. The summed E-state index contributed by atoms with van der Waals surface area (Å²) in [5, 5.41) is 10.9. The van der Waals surface area contributed by atoms with Gasteiger partial charge in [-0.25, -0.2) is 0 Å². The highest BCUT2D eigenvalue weighted by molar-refractivity contribution is 5.48. The number of unbranched alkanes of at least 4 members (excludes halogenated alkanes) is 9. The predicted molar refractivity (Wildman–Crippen MR) is 188 cm³/mol. The predicted octanol–water partition coefficient (Wildman–Crippen LogP) is 10.2. The molecule has 4 heteroatoms. The summed E-state index contributed by atoms with van der Waals surface area (Å²) in [5.41, 5.74) is 2.07. The molecule has 1 unspecified atom stereocenters. The lowest BCUT2D eigenvalue weighted by molar-refractivity contribution is -0.0641. The van der Waals surface area contributed by atoms with E-state index in [1.165, 1.54) is 64.2 Å². The average Bonchev–Trinajstić information content (AvgIpc) is 3.09. The first-order chi connectivity index (χ1) is 22.2. The smallest absolute Gasteiger partial charge is 0.143 e. The Kier molecular flexibility index (Phi) is 18.0. The van der Waals surface area contributed by atoms with Crippen LogP contribution >= 0.6 is 0 Å². The van der Waals surface area contributed by atoms with Gasteiger partial charge in [-0.2, -0.15) is 0 Å². The first-order valence-corrected chi connectivity index (χ1v) is 17.2. The average molecular weight is 613 g/mol. The number of ether oxygens (including phenoxy) is 3. The van der Waals surface area contributed by atoms with Crippen molar-refractivity contribution in [3.63, 3.8) is 0 Å². The molecule has 0 saturated heterocycles. The van der Waals surface area contributed by atoms with Crippen molar-refractivity contribution in [3.05, 3.63) is 126 Å². The first kappa shape index (κ1) is 36.3. The summed E-state index contributed by atoms with van der Waals surface area (Å²) < 4.78 is 18.0. The van der Waals surface area contributed by atoms with Crippen LogP contribution in [0.25, 0.3) is 0 Å². The molecule has 0 aliphatic heterocycles. The van der Waals surface area contributed by atoms with Crippen LogP contribution in [0.4, 0.5) is 0 Å². The van der Waals surface area contributed by atoms with Crippen LogP contribution in [0, 0.1) is 0 Å². The zero-order chi connectivity index (χ0) is 31.8. The van der Waals surface area contributed by atoms with Crippen LogP contribution in [0.3, 0.4) is 0 Å². The van der Waals surface area contributed by atoms with E-state index in [1.807, 2.05) is 60.7 Å². The molecule has 45 heavy (non-hydrogen) atoms. The fourth-order valence-corrected chi connectivity index (χ4v) is 5.59. The molecule has 0 heterocycles.